The largest absolute Gasteiger partial charge is 0.491 e. The molecule has 0 heterocycles. The molecule has 0 aliphatic carbocycles. The fourth-order valence-electron chi connectivity index (χ4n) is 3.79. The van der Waals surface area contributed by atoms with E-state index in [-0.39, 0.29) is 18.6 Å². The van der Waals surface area contributed by atoms with Crippen LogP contribution in [0.4, 0.5) is 0 Å². The number of ether oxygens (including phenoxy) is 2. The predicted molar refractivity (Wildman–Crippen MR) is 109 cm³/mol. The smallest absolute Gasteiger partial charge is 0.119 e. The van der Waals surface area contributed by atoms with Gasteiger partial charge in [-0.15, -0.1) is 0 Å². The summed E-state index contributed by atoms with van der Waals surface area (Å²) in [5, 5.41) is 17.9. The number of aliphatic hydroxyl groups is 2. The molecule has 0 aliphatic heterocycles. The van der Waals surface area contributed by atoms with E-state index in [1.54, 1.807) is 0 Å². The maximum Gasteiger partial charge on any atom is 0.119 e. The van der Waals surface area contributed by atoms with Gasteiger partial charge in [-0.05, 0) is 48.2 Å². The normalized spacial score (nSPS) is 11.4. The minimum atomic E-state index is -0.0471. The van der Waals surface area contributed by atoms with Crippen LogP contribution in [0.2, 0.25) is 0 Å². The molecule has 0 bridgehead atoms. The lowest BCUT2D eigenvalue weighted by Crippen LogP contribution is -2.27. The van der Waals surface area contributed by atoms with Crippen LogP contribution in [0.15, 0.2) is 48.5 Å². The third-order valence-corrected chi connectivity index (χ3v) is 4.89. The van der Waals surface area contributed by atoms with Crippen molar-refractivity contribution < 1.29 is 19.7 Å². The van der Waals surface area contributed by atoms with E-state index in [2.05, 4.69) is 38.1 Å². The summed E-state index contributed by atoms with van der Waals surface area (Å²) in [6.45, 7) is 5.10. The summed E-state index contributed by atoms with van der Waals surface area (Å²) in [5.41, 5.74) is 2.52. The van der Waals surface area contributed by atoms with Gasteiger partial charge in [0.1, 0.15) is 24.7 Å². The Labute approximate surface area is 162 Å². The summed E-state index contributed by atoms with van der Waals surface area (Å²) in [7, 11) is 0. The van der Waals surface area contributed by atoms with Crippen molar-refractivity contribution in [1.82, 2.24) is 0 Å². The molecular weight excluding hydrogens is 340 g/mol. The minimum Gasteiger partial charge on any atom is -0.491 e. The molecule has 0 spiro atoms. The van der Waals surface area contributed by atoms with Crippen LogP contribution in [-0.2, 0) is 5.41 Å². The van der Waals surface area contributed by atoms with Gasteiger partial charge >= 0.3 is 0 Å². The molecule has 148 valence electrons. The Hall–Kier alpha value is -2.04. The minimum absolute atomic E-state index is 0.0159. The molecule has 0 aliphatic rings. The molecule has 0 aromatic heterocycles. The Morgan fingerprint density at radius 2 is 1.04 bits per heavy atom. The molecule has 0 saturated heterocycles. The first kappa shape index (κ1) is 21.3. The van der Waals surface area contributed by atoms with Crippen molar-refractivity contribution in [2.75, 3.05) is 26.4 Å². The van der Waals surface area contributed by atoms with Crippen LogP contribution in [0.3, 0.4) is 0 Å². The molecule has 0 amide bonds. The molecule has 2 rings (SSSR count). The van der Waals surface area contributed by atoms with Crippen molar-refractivity contribution in [1.29, 1.82) is 0 Å². The molecule has 2 aromatic carbocycles. The summed E-state index contributed by atoms with van der Waals surface area (Å²) < 4.78 is 11.0. The van der Waals surface area contributed by atoms with E-state index in [1.807, 2.05) is 24.3 Å². The van der Waals surface area contributed by atoms with E-state index in [1.165, 1.54) is 11.1 Å². The van der Waals surface area contributed by atoms with Crippen molar-refractivity contribution in [3.8, 4) is 11.5 Å². The second kappa shape index (κ2) is 11.0. The van der Waals surface area contributed by atoms with Gasteiger partial charge in [0.2, 0.25) is 0 Å². The summed E-state index contributed by atoms with van der Waals surface area (Å²) in [6, 6.07) is 16.5. The second-order valence-electron chi connectivity index (χ2n) is 6.77. The third-order valence-electron chi connectivity index (χ3n) is 4.89. The van der Waals surface area contributed by atoms with Gasteiger partial charge in [0, 0.05) is 5.41 Å². The average Bonchev–Trinajstić information content (AvgIpc) is 2.71. The van der Waals surface area contributed by atoms with Gasteiger partial charge in [0.15, 0.2) is 0 Å². The molecular formula is C23H32O4. The van der Waals surface area contributed by atoms with Gasteiger partial charge in [-0.1, -0.05) is 51.0 Å². The summed E-state index contributed by atoms with van der Waals surface area (Å²) in [6.07, 6.45) is 4.31. The van der Waals surface area contributed by atoms with Gasteiger partial charge in [-0.2, -0.15) is 0 Å². The Morgan fingerprint density at radius 3 is 1.33 bits per heavy atom. The van der Waals surface area contributed by atoms with Gasteiger partial charge in [0.25, 0.3) is 0 Å². The van der Waals surface area contributed by atoms with Crippen molar-refractivity contribution in [2.45, 2.75) is 44.9 Å². The Bertz CT molecular complexity index is 590. The highest BCUT2D eigenvalue weighted by atomic mass is 16.5. The zero-order valence-electron chi connectivity index (χ0n) is 16.5. The van der Waals surface area contributed by atoms with Gasteiger partial charge in [0.05, 0.1) is 13.2 Å². The van der Waals surface area contributed by atoms with Crippen LogP contribution >= 0.6 is 0 Å². The molecule has 0 unspecified atom stereocenters. The fourth-order valence-corrected chi connectivity index (χ4v) is 3.79. The lowest BCUT2D eigenvalue weighted by Gasteiger charge is -2.35. The monoisotopic (exact) mass is 372 g/mol. The maximum absolute atomic E-state index is 8.93. The van der Waals surface area contributed by atoms with E-state index in [4.69, 9.17) is 19.7 Å². The number of rotatable bonds is 12. The summed E-state index contributed by atoms with van der Waals surface area (Å²) in [4.78, 5) is 0. The van der Waals surface area contributed by atoms with Crippen LogP contribution in [0, 0.1) is 0 Å². The van der Waals surface area contributed by atoms with Crippen LogP contribution < -0.4 is 9.47 Å². The summed E-state index contributed by atoms with van der Waals surface area (Å²) in [5.74, 6) is 1.56. The van der Waals surface area contributed by atoms with Crippen molar-refractivity contribution in [2.24, 2.45) is 0 Å². The van der Waals surface area contributed by atoms with Crippen LogP contribution in [0.5, 0.6) is 11.5 Å². The predicted octanol–water partition coefficient (Wildman–Crippen LogP) is 4.32. The van der Waals surface area contributed by atoms with E-state index in [0.29, 0.717) is 13.2 Å². The molecule has 0 radical (unpaired) electrons. The van der Waals surface area contributed by atoms with Crippen LogP contribution in [-0.4, -0.2) is 36.6 Å². The van der Waals surface area contributed by atoms with E-state index < -0.39 is 0 Å². The number of hydrogen-bond acceptors (Lipinski definition) is 4. The first-order chi connectivity index (χ1) is 13.2. The molecule has 2 N–H and O–H groups in total. The number of hydrogen-bond donors (Lipinski definition) is 2. The summed E-state index contributed by atoms with van der Waals surface area (Å²) >= 11 is 0. The fraction of sp³-hybridized carbons (Fsp3) is 0.478. The highest BCUT2D eigenvalue weighted by Gasteiger charge is 2.32. The van der Waals surface area contributed by atoms with Gasteiger partial charge in [-0.25, -0.2) is 0 Å². The zero-order chi connectivity index (χ0) is 19.5. The number of aliphatic hydroxyl groups excluding tert-OH is 2. The van der Waals surface area contributed by atoms with Crippen molar-refractivity contribution in [3.05, 3.63) is 59.7 Å². The average molecular weight is 373 g/mol. The van der Waals surface area contributed by atoms with Crippen molar-refractivity contribution >= 4 is 0 Å². The maximum atomic E-state index is 8.93. The van der Waals surface area contributed by atoms with E-state index >= 15 is 0 Å². The Balaban J connectivity index is 2.36. The molecule has 0 saturated carbocycles. The second-order valence-corrected chi connectivity index (χ2v) is 6.77. The van der Waals surface area contributed by atoms with Gasteiger partial charge in [-0.3, -0.25) is 0 Å². The van der Waals surface area contributed by atoms with E-state index in [9.17, 15) is 0 Å². The molecule has 4 heteroatoms. The number of benzene rings is 2. The quantitative estimate of drug-likeness (QED) is 0.583. The molecule has 0 atom stereocenters. The molecule has 2 aromatic rings. The lowest BCUT2D eigenvalue weighted by molar-refractivity contribution is 0.201. The van der Waals surface area contributed by atoms with Crippen LogP contribution in [0.1, 0.15) is 50.7 Å². The zero-order valence-corrected chi connectivity index (χ0v) is 16.5. The SMILES string of the molecule is CCCC(CCC)(c1ccc(OCCO)cc1)c1ccc(OCCO)cc1. The molecule has 27 heavy (non-hydrogen) atoms. The van der Waals surface area contributed by atoms with Gasteiger partial charge < -0.3 is 19.7 Å². The van der Waals surface area contributed by atoms with E-state index in [0.717, 1.165) is 37.2 Å². The first-order valence-corrected chi connectivity index (χ1v) is 9.88. The molecule has 4 nitrogen and oxygen atoms in total. The first-order valence-electron chi connectivity index (χ1n) is 9.88. The highest BCUT2D eigenvalue weighted by molar-refractivity contribution is 5.43. The molecule has 0 fully saturated rings. The topological polar surface area (TPSA) is 58.9 Å². The highest BCUT2D eigenvalue weighted by Crippen LogP contribution is 2.42. The standard InChI is InChI=1S/C23H32O4/c1-3-13-23(14-4-2,19-5-9-21(10-6-19)26-17-15-24)20-7-11-22(12-8-20)27-18-16-25/h5-12,24-25H,3-4,13-18H2,1-2H3. The van der Waals surface area contributed by atoms with Crippen LogP contribution in [0.25, 0.3) is 0 Å². The third kappa shape index (κ3) is 5.47. The lowest BCUT2D eigenvalue weighted by atomic mass is 9.68. The Kier molecular flexibility index (Phi) is 8.62. The Morgan fingerprint density at radius 1 is 0.667 bits per heavy atom. The van der Waals surface area contributed by atoms with Crippen molar-refractivity contribution in [3.63, 3.8) is 0 Å².